The predicted molar refractivity (Wildman–Crippen MR) is 133 cm³/mol. The van der Waals surface area contributed by atoms with Gasteiger partial charge in [-0.05, 0) is 43.8 Å². The first-order chi connectivity index (χ1) is 19.9. The Bertz CT molecular complexity index is 1430. The molecule has 12 nitrogen and oxygen atoms in total. The fraction of sp³-hybridized carbons (Fsp3) is 0.600. The third-order valence-corrected chi connectivity index (χ3v) is 7.64. The van der Waals surface area contributed by atoms with Gasteiger partial charge in [0.05, 0.1) is 43.3 Å². The maximum atomic E-state index is 14.0. The van der Waals surface area contributed by atoms with Gasteiger partial charge in [-0.3, -0.25) is 4.79 Å². The molecule has 0 spiro atoms. The molecule has 3 amide bonds. The van der Waals surface area contributed by atoms with Crippen LogP contribution in [0.3, 0.4) is 0 Å². The molecule has 3 aromatic rings. The van der Waals surface area contributed by atoms with Gasteiger partial charge in [0.15, 0.2) is 11.3 Å². The highest BCUT2D eigenvalue weighted by molar-refractivity contribution is 5.93. The Morgan fingerprint density at radius 3 is 2.64 bits per heavy atom. The molecule has 2 fully saturated rings. The van der Waals surface area contributed by atoms with Crippen molar-refractivity contribution in [3.05, 3.63) is 41.1 Å². The van der Waals surface area contributed by atoms with Gasteiger partial charge in [0.25, 0.3) is 5.91 Å². The van der Waals surface area contributed by atoms with Crippen LogP contribution in [0.25, 0.3) is 5.65 Å². The summed E-state index contributed by atoms with van der Waals surface area (Å²) in [6.07, 6.45) is -2.12. The summed E-state index contributed by atoms with van der Waals surface area (Å²) in [7, 11) is 0. The number of rotatable bonds is 9. The third-order valence-electron chi connectivity index (χ3n) is 7.64. The second kappa shape index (κ2) is 11.4. The van der Waals surface area contributed by atoms with Crippen LogP contribution in [-0.4, -0.2) is 79.6 Å². The topological polar surface area (TPSA) is 140 Å². The third kappa shape index (κ3) is 6.15. The number of carbonyl (C=O) groups is 2. The van der Waals surface area contributed by atoms with Crippen molar-refractivity contribution in [2.45, 2.75) is 69.8 Å². The van der Waals surface area contributed by atoms with Gasteiger partial charge in [0.2, 0.25) is 5.92 Å². The molecule has 0 bridgehead atoms. The number of nitrogens with one attached hydrogen (secondary N) is 2. The molecular weight excluding hydrogens is 571 g/mol. The van der Waals surface area contributed by atoms with Crippen LogP contribution in [0.15, 0.2) is 23.1 Å². The van der Waals surface area contributed by atoms with E-state index in [-0.39, 0.29) is 61.8 Å². The second-order valence-corrected chi connectivity index (χ2v) is 10.5. The zero-order valence-corrected chi connectivity index (χ0v) is 22.7. The van der Waals surface area contributed by atoms with Crippen LogP contribution in [0.1, 0.15) is 72.1 Å². The van der Waals surface area contributed by atoms with Gasteiger partial charge in [0, 0.05) is 25.0 Å². The fourth-order valence-corrected chi connectivity index (χ4v) is 5.33. The van der Waals surface area contributed by atoms with E-state index in [4.69, 9.17) is 4.74 Å². The summed E-state index contributed by atoms with van der Waals surface area (Å²) in [6, 6.07) is -3.03. The molecule has 17 heteroatoms. The van der Waals surface area contributed by atoms with Crippen molar-refractivity contribution in [1.82, 2.24) is 40.4 Å². The van der Waals surface area contributed by atoms with E-state index in [9.17, 15) is 31.5 Å². The number of fused-ring (bicyclic) bond motifs is 1. The van der Waals surface area contributed by atoms with Crippen LogP contribution in [0, 0.1) is 12.8 Å². The molecule has 0 radical (unpaired) electrons. The number of hydrogen-bond acceptors (Lipinski definition) is 8. The zero-order chi connectivity index (χ0) is 30.2. The van der Waals surface area contributed by atoms with Crippen LogP contribution < -0.4 is 10.6 Å². The first-order valence-corrected chi connectivity index (χ1v) is 13.4. The van der Waals surface area contributed by atoms with Crippen LogP contribution in [0.4, 0.5) is 26.7 Å². The number of alkyl halides is 5. The van der Waals surface area contributed by atoms with Crippen molar-refractivity contribution in [3.63, 3.8) is 0 Å². The number of ether oxygens (including phenoxy) is 1. The molecule has 1 saturated heterocycles. The van der Waals surface area contributed by atoms with Gasteiger partial charge in [-0.2, -0.15) is 18.3 Å². The van der Waals surface area contributed by atoms with E-state index >= 15 is 0 Å². The Labute approximate surface area is 235 Å². The Morgan fingerprint density at radius 2 is 2.02 bits per heavy atom. The minimum Gasteiger partial charge on any atom is -0.379 e. The number of nitrogens with zero attached hydrogens (tertiary/aromatic N) is 6. The Morgan fingerprint density at radius 1 is 1.29 bits per heavy atom. The monoisotopic (exact) mass is 600 g/mol. The predicted octanol–water partition coefficient (Wildman–Crippen LogP) is 3.75. The van der Waals surface area contributed by atoms with Crippen molar-refractivity contribution in [2.75, 3.05) is 19.8 Å². The molecule has 1 aliphatic carbocycles. The lowest BCUT2D eigenvalue weighted by Crippen LogP contribution is -2.40. The van der Waals surface area contributed by atoms with E-state index in [2.05, 4.69) is 30.3 Å². The summed E-state index contributed by atoms with van der Waals surface area (Å²) in [5, 5.41) is 16.4. The summed E-state index contributed by atoms with van der Waals surface area (Å²) in [6.45, 7) is 2.82. The molecule has 42 heavy (non-hydrogen) atoms. The van der Waals surface area contributed by atoms with E-state index in [1.54, 1.807) is 19.2 Å². The van der Waals surface area contributed by atoms with E-state index < -0.39 is 48.7 Å². The van der Waals surface area contributed by atoms with Crippen LogP contribution in [0.5, 0.6) is 0 Å². The summed E-state index contributed by atoms with van der Waals surface area (Å²) in [5.74, 6) is -3.79. The van der Waals surface area contributed by atoms with Crippen molar-refractivity contribution in [1.29, 1.82) is 0 Å². The minimum absolute atomic E-state index is 0.0508. The number of aryl methyl sites for hydroxylation is 1. The number of imidazole rings is 1. The maximum absolute atomic E-state index is 14.0. The average molecular weight is 601 g/mol. The van der Waals surface area contributed by atoms with Gasteiger partial charge < -0.3 is 20.3 Å². The molecule has 1 saturated carbocycles. The Balaban J connectivity index is 1.45. The summed E-state index contributed by atoms with van der Waals surface area (Å²) in [4.78, 5) is 31.2. The minimum atomic E-state index is -4.62. The quantitative estimate of drug-likeness (QED) is 0.354. The maximum Gasteiger partial charge on any atom is 0.410 e. The normalized spacial score (nSPS) is 21.0. The first-order valence-electron chi connectivity index (χ1n) is 13.4. The van der Waals surface area contributed by atoms with E-state index in [0.29, 0.717) is 11.3 Å². The largest absolute Gasteiger partial charge is 0.410 e. The molecule has 4 heterocycles. The molecular formula is C25H29F5N8O4. The molecule has 0 unspecified atom stereocenters. The van der Waals surface area contributed by atoms with Gasteiger partial charge in [0.1, 0.15) is 11.7 Å². The first kappa shape index (κ1) is 29.6. The molecule has 2 N–H and O–H groups in total. The van der Waals surface area contributed by atoms with Crippen molar-refractivity contribution in [3.8, 4) is 0 Å². The van der Waals surface area contributed by atoms with E-state index in [1.807, 2.05) is 5.32 Å². The summed E-state index contributed by atoms with van der Waals surface area (Å²) < 4.78 is 79.4. The van der Waals surface area contributed by atoms with E-state index in [1.165, 1.54) is 17.6 Å². The Kier molecular flexibility index (Phi) is 8.04. The number of aromatic nitrogens is 5. The molecule has 0 aromatic carbocycles. The molecule has 1 aliphatic heterocycles. The van der Waals surface area contributed by atoms with E-state index in [0.717, 1.165) is 4.90 Å². The van der Waals surface area contributed by atoms with Gasteiger partial charge in [-0.1, -0.05) is 5.16 Å². The summed E-state index contributed by atoms with van der Waals surface area (Å²) in [5.41, 5.74) is 1.20. The number of carbonyl (C=O) groups excluding carboxylic acids is 2. The zero-order valence-electron chi connectivity index (χ0n) is 22.7. The number of hydrogen-bond donors (Lipinski definition) is 2. The molecule has 3 aromatic heterocycles. The highest BCUT2D eigenvalue weighted by atomic mass is 19.4. The molecule has 2 aliphatic rings. The molecule has 228 valence electrons. The van der Waals surface area contributed by atoms with Gasteiger partial charge >= 0.3 is 12.2 Å². The molecule has 5 rings (SSSR count). The standard InChI is InChI=1S/C25H29F5N8O4/c1-3-41-12-17(37-11-18(25(28,29)30)33-23(37)40)15-8-19-32-16(10-38(19)31-9-15)21(14-4-6-24(26,27)7-5-14)34-22(39)20-13(2)35-42-36-20/h8-10,14,17-18,21H,3-7,11-12H2,1-2H3,(H,33,40)(H,34,39)/t17-,18+,21+/m1/s1. The van der Waals surface area contributed by atoms with Crippen LogP contribution in [-0.2, 0) is 4.74 Å². The molecule has 3 atom stereocenters. The fourth-order valence-electron chi connectivity index (χ4n) is 5.33. The highest BCUT2D eigenvalue weighted by Crippen LogP contribution is 2.41. The van der Waals surface area contributed by atoms with Crippen LogP contribution in [0.2, 0.25) is 0 Å². The smallest absolute Gasteiger partial charge is 0.379 e. The lowest BCUT2D eigenvalue weighted by atomic mass is 9.81. The second-order valence-electron chi connectivity index (χ2n) is 10.5. The lowest BCUT2D eigenvalue weighted by molar-refractivity contribution is -0.150. The van der Waals surface area contributed by atoms with Crippen LogP contribution >= 0.6 is 0 Å². The summed E-state index contributed by atoms with van der Waals surface area (Å²) >= 11 is 0. The van der Waals surface area contributed by atoms with Crippen molar-refractivity contribution in [2.24, 2.45) is 5.92 Å². The van der Waals surface area contributed by atoms with Crippen molar-refractivity contribution >= 4 is 17.6 Å². The van der Waals surface area contributed by atoms with Gasteiger partial charge in [-0.25, -0.2) is 27.7 Å². The number of urea groups is 1. The highest BCUT2D eigenvalue weighted by Gasteiger charge is 2.48. The van der Waals surface area contributed by atoms with Gasteiger partial charge in [-0.15, -0.1) is 0 Å². The number of halogens is 5. The average Bonchev–Trinajstić information content (AvgIpc) is 3.65. The Hall–Kier alpha value is -3.89. The lowest BCUT2D eigenvalue weighted by Gasteiger charge is -2.33. The number of amides is 3. The SMILES string of the molecule is CCOC[C@H](c1cnn2cc([C@@H](NC(=O)c3nonc3C)C3CCC(F)(F)CC3)nc2c1)N1C[C@@H](C(F)(F)F)NC1=O. The van der Waals surface area contributed by atoms with Crippen molar-refractivity contribution < 1.29 is 40.9 Å².